The van der Waals surface area contributed by atoms with Crippen LogP contribution < -0.4 is 28.4 Å². The normalized spacial score (nSPS) is 21.4. The molecule has 56 heavy (non-hydrogen) atoms. The monoisotopic (exact) mass is 802 g/mol. The lowest BCUT2D eigenvalue weighted by Crippen LogP contribution is -2.40. The van der Waals surface area contributed by atoms with Gasteiger partial charge in [-0.1, -0.05) is 59.7 Å². The van der Waals surface area contributed by atoms with Crippen molar-refractivity contribution in [1.29, 1.82) is 0 Å². The average Bonchev–Trinajstić information content (AvgIpc) is 3.64. The van der Waals surface area contributed by atoms with Crippen molar-refractivity contribution in [2.24, 2.45) is 0 Å². The molecule has 0 saturated carbocycles. The number of methoxy groups -OCH3 is 4. The molecule has 4 unspecified atom stereocenters. The fourth-order valence-electron chi connectivity index (χ4n) is 7.57. The topological polar surface area (TPSA) is 142 Å². The van der Waals surface area contributed by atoms with Gasteiger partial charge in [0.25, 0.3) is 20.2 Å². The van der Waals surface area contributed by atoms with Crippen molar-refractivity contribution < 1.29 is 53.6 Å². The largest absolute Gasteiger partial charge is 0.497 e. The van der Waals surface area contributed by atoms with E-state index in [0.717, 1.165) is 23.6 Å². The zero-order valence-corrected chi connectivity index (χ0v) is 33.7. The van der Waals surface area contributed by atoms with Crippen molar-refractivity contribution >= 4 is 20.2 Å². The number of aryl methyl sites for hydroxylation is 2. The van der Waals surface area contributed by atoms with Gasteiger partial charge in [-0.05, 0) is 55.3 Å². The number of hydrogen-bond acceptors (Lipinski definition) is 12. The van der Waals surface area contributed by atoms with Gasteiger partial charge in [0.15, 0.2) is 23.4 Å². The molecule has 0 bridgehead atoms. The van der Waals surface area contributed by atoms with Crippen LogP contribution in [0.2, 0.25) is 0 Å². The summed E-state index contributed by atoms with van der Waals surface area (Å²) < 4.78 is 103. The summed E-state index contributed by atoms with van der Waals surface area (Å²) >= 11 is 0. The molecule has 4 atom stereocenters. The van der Waals surface area contributed by atoms with Crippen LogP contribution >= 0.6 is 0 Å². The standard InChI is InChI=1S/C42H42O12S2/c1-25-9-13-29(14-10-25)41(53-55(7,43)44)35-23-36-38(24-37(35)51-39(41)27-17-31(47-3)21-32(18-27)48-4)52-40(28-19-33(49-5)22-34(20-28)50-6)42(36,54-56(8,45)46)30-15-11-26(2)12-16-30/h9-24,39-40H,1-8H3. The van der Waals surface area contributed by atoms with Gasteiger partial charge in [0.05, 0.1) is 41.0 Å². The van der Waals surface area contributed by atoms with E-state index in [1.165, 1.54) is 28.4 Å². The molecule has 0 fully saturated rings. The van der Waals surface area contributed by atoms with E-state index >= 15 is 0 Å². The number of rotatable bonds is 12. The van der Waals surface area contributed by atoms with Crippen LogP contribution in [0, 0.1) is 13.8 Å². The Morgan fingerprint density at radius 2 is 0.804 bits per heavy atom. The van der Waals surface area contributed by atoms with Crippen LogP contribution in [0.3, 0.4) is 0 Å². The third-order valence-corrected chi connectivity index (χ3v) is 11.1. The van der Waals surface area contributed by atoms with Crippen LogP contribution in [0.15, 0.2) is 97.1 Å². The maximum absolute atomic E-state index is 13.5. The number of benzene rings is 5. The molecule has 294 valence electrons. The Kier molecular flexibility index (Phi) is 9.98. The highest BCUT2D eigenvalue weighted by Crippen LogP contribution is 2.63. The van der Waals surface area contributed by atoms with Gasteiger partial charge in [0.1, 0.15) is 34.5 Å². The second-order valence-electron chi connectivity index (χ2n) is 13.9. The molecule has 0 radical (unpaired) electrons. The summed E-state index contributed by atoms with van der Waals surface area (Å²) in [5, 5.41) is 0. The summed E-state index contributed by atoms with van der Waals surface area (Å²) in [6.45, 7) is 3.82. The maximum Gasteiger partial charge on any atom is 0.265 e. The van der Waals surface area contributed by atoms with E-state index in [2.05, 4.69) is 0 Å². The van der Waals surface area contributed by atoms with Gasteiger partial charge in [-0.25, -0.2) is 8.37 Å². The average molecular weight is 803 g/mol. The van der Waals surface area contributed by atoms with Gasteiger partial charge < -0.3 is 28.4 Å². The Morgan fingerprint density at radius 3 is 1.09 bits per heavy atom. The predicted octanol–water partition coefficient (Wildman–Crippen LogP) is 7.04. The molecular formula is C42H42O12S2. The van der Waals surface area contributed by atoms with Gasteiger partial charge in [-0.15, -0.1) is 0 Å². The minimum Gasteiger partial charge on any atom is -0.497 e. The number of ether oxygens (including phenoxy) is 6. The van der Waals surface area contributed by atoms with Crippen molar-refractivity contribution in [2.75, 3.05) is 41.0 Å². The molecule has 5 aromatic carbocycles. The summed E-state index contributed by atoms with van der Waals surface area (Å²) in [5.41, 5.74) is 0.448. The zero-order valence-electron chi connectivity index (χ0n) is 32.1. The highest BCUT2D eigenvalue weighted by Gasteiger charge is 2.60. The van der Waals surface area contributed by atoms with E-state index in [4.69, 9.17) is 36.8 Å². The van der Waals surface area contributed by atoms with E-state index < -0.39 is 43.6 Å². The molecule has 2 aliphatic rings. The van der Waals surface area contributed by atoms with Gasteiger partial charge in [0.2, 0.25) is 0 Å². The van der Waals surface area contributed by atoms with Crippen LogP contribution in [-0.4, -0.2) is 57.8 Å². The van der Waals surface area contributed by atoms with E-state index in [0.29, 0.717) is 45.3 Å². The molecule has 2 aliphatic heterocycles. The number of fused-ring (bicyclic) bond motifs is 2. The first kappa shape index (κ1) is 39.0. The van der Waals surface area contributed by atoms with Crippen molar-refractivity contribution in [3.8, 4) is 34.5 Å². The summed E-state index contributed by atoms with van der Waals surface area (Å²) in [5.74, 6) is 2.16. The van der Waals surface area contributed by atoms with Crippen LogP contribution in [0.5, 0.6) is 34.5 Å². The van der Waals surface area contributed by atoms with Gasteiger partial charge >= 0.3 is 0 Å². The lowest BCUT2D eigenvalue weighted by atomic mass is 9.76. The van der Waals surface area contributed by atoms with Gasteiger partial charge in [0, 0.05) is 40.5 Å². The van der Waals surface area contributed by atoms with Crippen molar-refractivity contribution in [3.05, 3.63) is 142 Å². The highest BCUT2D eigenvalue weighted by molar-refractivity contribution is 7.86. The number of hydrogen-bond donors (Lipinski definition) is 0. The molecule has 12 nitrogen and oxygen atoms in total. The lowest BCUT2D eigenvalue weighted by Gasteiger charge is -2.36. The zero-order chi connectivity index (χ0) is 40.2. The Bertz CT molecular complexity index is 2300. The van der Waals surface area contributed by atoms with Crippen LogP contribution in [0.1, 0.15) is 56.7 Å². The smallest absolute Gasteiger partial charge is 0.265 e. The molecule has 0 aromatic heterocycles. The van der Waals surface area contributed by atoms with Crippen LogP contribution in [0.25, 0.3) is 0 Å². The summed E-state index contributed by atoms with van der Waals surface area (Å²) in [4.78, 5) is 0. The summed E-state index contributed by atoms with van der Waals surface area (Å²) in [6, 6.07) is 28.0. The second-order valence-corrected chi connectivity index (χ2v) is 17.1. The van der Waals surface area contributed by atoms with Gasteiger partial charge in [-0.3, -0.25) is 0 Å². The predicted molar refractivity (Wildman–Crippen MR) is 208 cm³/mol. The summed E-state index contributed by atoms with van der Waals surface area (Å²) in [6.07, 6.45) is -0.360. The third kappa shape index (κ3) is 6.91. The summed E-state index contributed by atoms with van der Waals surface area (Å²) in [7, 11) is -2.51. The molecular weight excluding hydrogens is 761 g/mol. The van der Waals surface area contributed by atoms with Crippen LogP contribution in [0.4, 0.5) is 0 Å². The molecule has 0 amide bonds. The fourth-order valence-corrected chi connectivity index (χ4v) is 9.08. The van der Waals surface area contributed by atoms with E-state index in [-0.39, 0.29) is 22.6 Å². The molecule has 14 heteroatoms. The fraction of sp³-hybridized carbons (Fsp3) is 0.286. The lowest BCUT2D eigenvalue weighted by molar-refractivity contribution is 0.0163. The first-order valence-electron chi connectivity index (χ1n) is 17.5. The third-order valence-electron chi connectivity index (χ3n) is 9.99. The van der Waals surface area contributed by atoms with E-state index in [1.807, 2.05) is 38.1 Å². The highest BCUT2D eigenvalue weighted by atomic mass is 32.2. The van der Waals surface area contributed by atoms with Gasteiger partial charge in [-0.2, -0.15) is 16.8 Å². The molecule has 0 aliphatic carbocycles. The Labute approximate surface area is 327 Å². The Morgan fingerprint density at radius 1 is 0.482 bits per heavy atom. The van der Waals surface area contributed by atoms with E-state index in [9.17, 15) is 16.8 Å². The molecule has 2 heterocycles. The molecule has 5 aromatic rings. The van der Waals surface area contributed by atoms with Crippen LogP contribution in [-0.2, 0) is 39.8 Å². The minimum absolute atomic E-state index is 0.223. The molecule has 7 rings (SSSR count). The Balaban J connectivity index is 1.59. The van der Waals surface area contributed by atoms with Crippen molar-refractivity contribution in [1.82, 2.24) is 0 Å². The Hall–Kier alpha value is -5.28. The first-order chi connectivity index (χ1) is 26.5. The molecule has 0 spiro atoms. The maximum atomic E-state index is 13.5. The van der Waals surface area contributed by atoms with Crippen molar-refractivity contribution in [3.63, 3.8) is 0 Å². The molecule has 0 saturated heterocycles. The SMILES string of the molecule is COc1cc(OC)cc(C2Oc3cc4c(cc3C2(OS(C)(=O)=O)c2ccc(C)cc2)C(OS(C)(=O)=O)(c2ccc(C)cc2)C(c2cc(OC)cc(OC)c2)O4)c1. The second kappa shape index (κ2) is 14.3. The quantitative estimate of drug-likeness (QED) is 0.119. The van der Waals surface area contributed by atoms with Crippen molar-refractivity contribution in [2.45, 2.75) is 37.3 Å². The molecule has 0 N–H and O–H groups in total. The minimum atomic E-state index is -4.27. The van der Waals surface area contributed by atoms with E-state index in [1.54, 1.807) is 72.8 Å². The first-order valence-corrected chi connectivity index (χ1v) is 21.1.